The number of nitrogens with zero attached hydrogens (tertiary/aromatic N) is 1. The fourth-order valence-corrected chi connectivity index (χ4v) is 1.17. The number of hydrogen-bond acceptors (Lipinski definition) is 2. The van der Waals surface area contributed by atoms with Gasteiger partial charge in [-0.05, 0) is 41.1 Å². The molecule has 1 heterocycles. The zero-order valence-electron chi connectivity index (χ0n) is 5.36. The number of pyridine rings is 1. The van der Waals surface area contributed by atoms with E-state index in [0.29, 0.717) is 11.0 Å². The van der Waals surface area contributed by atoms with Crippen LogP contribution in [0, 0.1) is 10.5 Å². The van der Waals surface area contributed by atoms with E-state index in [-0.39, 0.29) is 0 Å². The summed E-state index contributed by atoms with van der Waals surface area (Å²) in [5.41, 5.74) is 6.59. The first-order valence-electron chi connectivity index (χ1n) is 2.69. The molecule has 0 aliphatic carbocycles. The third kappa shape index (κ3) is 1.52. The molecule has 0 aliphatic rings. The van der Waals surface area contributed by atoms with Crippen LogP contribution in [0.15, 0.2) is 6.07 Å². The molecule has 1 aromatic rings. The molecule has 1 aromatic heterocycles. The number of hydrogen-bond donors (Lipinski definition) is 1. The van der Waals surface area contributed by atoms with Crippen LogP contribution in [0.4, 0.5) is 5.82 Å². The second-order valence-corrected chi connectivity index (χ2v) is 3.43. The lowest BCUT2D eigenvalue weighted by atomic mass is 10.3. The second kappa shape index (κ2) is 2.92. The standard InChI is InChI=1S/C6H6ClIN2/c1-3-2-4(7)10-6(9)5(3)8/h2H,1H3,(H2,9,10). The maximum absolute atomic E-state index is 5.63. The number of rotatable bonds is 0. The highest BCUT2D eigenvalue weighted by Gasteiger charge is 2.01. The molecule has 0 aliphatic heterocycles. The summed E-state index contributed by atoms with van der Waals surface area (Å²) in [7, 11) is 0. The van der Waals surface area contributed by atoms with Gasteiger partial charge in [-0.1, -0.05) is 11.6 Å². The molecule has 1 rings (SSSR count). The number of aryl methyl sites for hydroxylation is 1. The van der Waals surface area contributed by atoms with Gasteiger partial charge in [0.2, 0.25) is 0 Å². The fraction of sp³-hybridized carbons (Fsp3) is 0.167. The summed E-state index contributed by atoms with van der Waals surface area (Å²) in [5.74, 6) is 0.505. The van der Waals surface area contributed by atoms with Crippen molar-refractivity contribution in [2.45, 2.75) is 6.92 Å². The number of halogens is 2. The third-order valence-electron chi connectivity index (χ3n) is 1.13. The Bertz CT molecular complexity index is 239. The number of nitrogen functional groups attached to an aromatic ring is 1. The molecule has 54 valence electrons. The molecule has 0 amide bonds. The monoisotopic (exact) mass is 268 g/mol. The minimum Gasteiger partial charge on any atom is -0.383 e. The van der Waals surface area contributed by atoms with Crippen molar-refractivity contribution in [1.82, 2.24) is 4.98 Å². The highest BCUT2D eigenvalue weighted by molar-refractivity contribution is 14.1. The van der Waals surface area contributed by atoms with Crippen LogP contribution in [0.25, 0.3) is 0 Å². The van der Waals surface area contributed by atoms with Gasteiger partial charge in [-0.3, -0.25) is 0 Å². The van der Waals surface area contributed by atoms with E-state index in [9.17, 15) is 0 Å². The minimum atomic E-state index is 0.454. The van der Waals surface area contributed by atoms with Crippen molar-refractivity contribution in [3.05, 3.63) is 20.4 Å². The van der Waals surface area contributed by atoms with Crippen LogP contribution < -0.4 is 5.73 Å². The van der Waals surface area contributed by atoms with E-state index in [0.717, 1.165) is 9.13 Å². The molecule has 2 nitrogen and oxygen atoms in total. The second-order valence-electron chi connectivity index (χ2n) is 1.96. The molecule has 4 heteroatoms. The van der Waals surface area contributed by atoms with Gasteiger partial charge in [-0.25, -0.2) is 4.98 Å². The van der Waals surface area contributed by atoms with E-state index in [4.69, 9.17) is 17.3 Å². The van der Waals surface area contributed by atoms with Crippen LogP contribution in [0.5, 0.6) is 0 Å². The number of nitrogens with two attached hydrogens (primary N) is 1. The Morgan fingerprint density at radius 2 is 2.30 bits per heavy atom. The lowest BCUT2D eigenvalue weighted by molar-refractivity contribution is 1.27. The molecule has 10 heavy (non-hydrogen) atoms. The van der Waals surface area contributed by atoms with Crippen molar-refractivity contribution in [3.8, 4) is 0 Å². The summed E-state index contributed by atoms with van der Waals surface area (Å²) < 4.78 is 0.974. The van der Waals surface area contributed by atoms with Crippen molar-refractivity contribution in [2.24, 2.45) is 0 Å². The van der Waals surface area contributed by atoms with Crippen LogP contribution >= 0.6 is 34.2 Å². The van der Waals surface area contributed by atoms with E-state index in [1.54, 1.807) is 6.07 Å². The molecule has 0 bridgehead atoms. The normalized spacial score (nSPS) is 9.90. The Hall–Kier alpha value is -0.0300. The first-order chi connectivity index (χ1) is 4.61. The smallest absolute Gasteiger partial charge is 0.138 e. The summed E-state index contributed by atoms with van der Waals surface area (Å²) in [4.78, 5) is 3.87. The van der Waals surface area contributed by atoms with Crippen molar-refractivity contribution in [1.29, 1.82) is 0 Å². The van der Waals surface area contributed by atoms with Gasteiger partial charge >= 0.3 is 0 Å². The van der Waals surface area contributed by atoms with Gasteiger partial charge in [-0.15, -0.1) is 0 Å². The highest BCUT2D eigenvalue weighted by Crippen LogP contribution is 2.19. The molecule has 0 saturated carbocycles. The molecule has 0 aromatic carbocycles. The van der Waals surface area contributed by atoms with E-state index < -0.39 is 0 Å². The first kappa shape index (κ1) is 8.07. The Labute approximate surface area is 77.9 Å². The van der Waals surface area contributed by atoms with Crippen LogP contribution in [0.3, 0.4) is 0 Å². The lowest BCUT2D eigenvalue weighted by Gasteiger charge is -2.00. The van der Waals surface area contributed by atoms with Gasteiger partial charge in [0.05, 0.1) is 3.57 Å². The Morgan fingerprint density at radius 3 is 2.80 bits per heavy atom. The number of anilines is 1. The third-order valence-corrected chi connectivity index (χ3v) is 2.73. The van der Waals surface area contributed by atoms with E-state index in [1.165, 1.54) is 0 Å². The molecule has 0 radical (unpaired) electrons. The quantitative estimate of drug-likeness (QED) is 0.579. The largest absolute Gasteiger partial charge is 0.383 e. The fourth-order valence-electron chi connectivity index (χ4n) is 0.640. The van der Waals surface area contributed by atoms with Crippen molar-refractivity contribution in [3.63, 3.8) is 0 Å². The Balaban J connectivity index is 3.31. The molecule has 0 fully saturated rings. The van der Waals surface area contributed by atoms with Crippen molar-refractivity contribution >= 4 is 40.0 Å². The summed E-state index contributed by atoms with van der Waals surface area (Å²) in [6, 6.07) is 1.79. The first-order valence-corrected chi connectivity index (χ1v) is 4.15. The van der Waals surface area contributed by atoms with E-state index in [2.05, 4.69) is 27.6 Å². The zero-order valence-corrected chi connectivity index (χ0v) is 8.27. The molecule has 0 spiro atoms. The lowest BCUT2D eigenvalue weighted by Crippen LogP contribution is -1.95. The maximum Gasteiger partial charge on any atom is 0.138 e. The van der Waals surface area contributed by atoms with Crippen LogP contribution in [-0.4, -0.2) is 4.98 Å². The predicted octanol–water partition coefficient (Wildman–Crippen LogP) is 2.23. The molecule has 0 atom stereocenters. The molecular formula is C6H6ClIN2. The molecule has 0 unspecified atom stereocenters. The van der Waals surface area contributed by atoms with Gasteiger partial charge in [0.15, 0.2) is 0 Å². The maximum atomic E-state index is 5.63. The summed E-state index contributed by atoms with van der Waals surface area (Å²) in [6.07, 6.45) is 0. The van der Waals surface area contributed by atoms with Gasteiger partial charge in [0, 0.05) is 0 Å². The van der Waals surface area contributed by atoms with Crippen LogP contribution in [-0.2, 0) is 0 Å². The number of aromatic nitrogens is 1. The Kier molecular flexibility index (Phi) is 2.36. The van der Waals surface area contributed by atoms with Gasteiger partial charge in [-0.2, -0.15) is 0 Å². The van der Waals surface area contributed by atoms with Gasteiger partial charge in [0.25, 0.3) is 0 Å². The average Bonchev–Trinajstić information content (AvgIpc) is 1.82. The van der Waals surface area contributed by atoms with Gasteiger partial charge < -0.3 is 5.73 Å². The van der Waals surface area contributed by atoms with Crippen LogP contribution in [0.2, 0.25) is 5.15 Å². The average molecular weight is 268 g/mol. The zero-order chi connectivity index (χ0) is 7.72. The molecular weight excluding hydrogens is 262 g/mol. The summed E-state index contributed by atoms with van der Waals surface area (Å²) in [5, 5.41) is 0.454. The SMILES string of the molecule is Cc1cc(Cl)nc(N)c1I. The van der Waals surface area contributed by atoms with Crippen molar-refractivity contribution < 1.29 is 0 Å². The highest BCUT2D eigenvalue weighted by atomic mass is 127. The Morgan fingerprint density at radius 1 is 1.70 bits per heavy atom. The summed E-state index contributed by atoms with van der Waals surface area (Å²) in [6.45, 7) is 1.95. The topological polar surface area (TPSA) is 38.9 Å². The summed E-state index contributed by atoms with van der Waals surface area (Å²) >= 11 is 7.77. The minimum absolute atomic E-state index is 0.454. The van der Waals surface area contributed by atoms with Crippen LogP contribution in [0.1, 0.15) is 5.56 Å². The van der Waals surface area contributed by atoms with Crippen molar-refractivity contribution in [2.75, 3.05) is 5.73 Å². The molecule has 0 saturated heterocycles. The predicted molar refractivity (Wildman–Crippen MR) is 51.1 cm³/mol. The molecule has 2 N–H and O–H groups in total. The van der Waals surface area contributed by atoms with E-state index >= 15 is 0 Å². The van der Waals surface area contributed by atoms with E-state index in [1.807, 2.05) is 6.92 Å². The van der Waals surface area contributed by atoms with Gasteiger partial charge in [0.1, 0.15) is 11.0 Å².